The molecule has 94 valence electrons. The maximum Gasteiger partial charge on any atom is 0.390 e. The highest BCUT2D eigenvalue weighted by Crippen LogP contribution is 2.42. The molecule has 16 heavy (non-hydrogen) atoms. The van der Waals surface area contributed by atoms with E-state index in [9.17, 15) is 23.1 Å². The summed E-state index contributed by atoms with van der Waals surface area (Å²) in [6.45, 7) is -0.284. The van der Waals surface area contributed by atoms with E-state index in [-0.39, 0.29) is 19.6 Å². The molecule has 2 atom stereocenters. The number of alkyl halides is 3. The summed E-state index contributed by atoms with van der Waals surface area (Å²) in [6.07, 6.45) is -7.61. The van der Waals surface area contributed by atoms with Gasteiger partial charge in [-0.05, 0) is 6.42 Å². The van der Waals surface area contributed by atoms with Gasteiger partial charge in [0.1, 0.15) is 5.41 Å². The maximum atomic E-state index is 12.4. The van der Waals surface area contributed by atoms with Gasteiger partial charge in [-0.2, -0.15) is 13.2 Å². The fourth-order valence-corrected chi connectivity index (χ4v) is 1.85. The Kier molecular flexibility index (Phi) is 3.80. The molecule has 0 aliphatic carbocycles. The summed E-state index contributed by atoms with van der Waals surface area (Å²) in [5, 5.41) is 9.56. The van der Waals surface area contributed by atoms with Crippen molar-refractivity contribution in [3.63, 3.8) is 0 Å². The lowest BCUT2D eigenvalue weighted by Gasteiger charge is -2.38. The number of rotatable bonds is 2. The zero-order valence-electron chi connectivity index (χ0n) is 8.71. The number of carbonyl (C=O) groups excluding carboxylic acids is 1. The summed E-state index contributed by atoms with van der Waals surface area (Å²) >= 11 is 0. The summed E-state index contributed by atoms with van der Waals surface area (Å²) in [5.74, 6) is -1.04. The Morgan fingerprint density at radius 1 is 1.62 bits per heavy atom. The van der Waals surface area contributed by atoms with Crippen LogP contribution in [0.4, 0.5) is 13.2 Å². The summed E-state index contributed by atoms with van der Waals surface area (Å²) in [6, 6.07) is 0. The Bertz CT molecular complexity index is 266. The smallest absolute Gasteiger partial charge is 0.390 e. The molecule has 1 fully saturated rings. The van der Waals surface area contributed by atoms with E-state index in [0.29, 0.717) is 0 Å². The molecule has 1 rings (SSSR count). The number of aliphatic hydroxyl groups excluding tert-OH is 1. The number of ether oxygens (including phenoxy) is 2. The molecule has 1 saturated heterocycles. The Labute approximate surface area is 90.3 Å². The summed E-state index contributed by atoms with van der Waals surface area (Å²) in [5.41, 5.74) is -1.93. The van der Waals surface area contributed by atoms with Crippen LogP contribution in [0.2, 0.25) is 0 Å². The van der Waals surface area contributed by atoms with Crippen LogP contribution in [0.25, 0.3) is 0 Å². The average molecular weight is 242 g/mol. The zero-order chi connectivity index (χ0) is 12.4. The Hall–Kier alpha value is -0.820. The third kappa shape index (κ3) is 2.65. The van der Waals surface area contributed by atoms with Crippen LogP contribution in [0.15, 0.2) is 0 Å². The number of carbonyl (C=O) groups is 1. The zero-order valence-corrected chi connectivity index (χ0v) is 8.71. The normalized spacial score (nSPS) is 31.2. The largest absolute Gasteiger partial charge is 0.469 e. The molecule has 0 aromatic heterocycles. The maximum absolute atomic E-state index is 12.4. The van der Waals surface area contributed by atoms with E-state index in [1.54, 1.807) is 0 Å². The molecule has 0 aromatic carbocycles. The predicted octanol–water partition coefficient (Wildman–Crippen LogP) is 0.879. The van der Waals surface area contributed by atoms with E-state index < -0.39 is 30.1 Å². The van der Waals surface area contributed by atoms with Crippen LogP contribution < -0.4 is 0 Å². The molecule has 2 unspecified atom stereocenters. The minimum absolute atomic E-state index is 0.00222. The first-order valence-corrected chi connectivity index (χ1v) is 4.73. The van der Waals surface area contributed by atoms with Gasteiger partial charge in [0.25, 0.3) is 0 Å². The van der Waals surface area contributed by atoms with Crippen molar-refractivity contribution in [2.75, 3.05) is 20.3 Å². The van der Waals surface area contributed by atoms with E-state index in [0.717, 1.165) is 7.11 Å². The number of halogens is 3. The fourth-order valence-electron chi connectivity index (χ4n) is 1.85. The summed E-state index contributed by atoms with van der Waals surface area (Å²) < 4.78 is 46.4. The first-order chi connectivity index (χ1) is 7.32. The standard InChI is InChI=1S/C9H13F3O4/c1-15-7(14)8(5-9(10,11)12)2-3-16-4-6(8)13/h6,13H,2-5H2,1H3. The third-order valence-corrected chi connectivity index (χ3v) is 2.71. The third-order valence-electron chi connectivity index (χ3n) is 2.71. The van der Waals surface area contributed by atoms with Crippen LogP contribution >= 0.6 is 0 Å². The second-order valence-corrected chi connectivity index (χ2v) is 3.78. The highest BCUT2D eigenvalue weighted by Gasteiger charge is 2.54. The van der Waals surface area contributed by atoms with Crippen molar-refractivity contribution in [1.82, 2.24) is 0 Å². The number of esters is 1. The second kappa shape index (κ2) is 4.58. The van der Waals surface area contributed by atoms with Crippen LogP contribution in [-0.4, -0.2) is 43.7 Å². The molecule has 0 spiro atoms. The number of hydrogen-bond acceptors (Lipinski definition) is 4. The van der Waals surface area contributed by atoms with Crippen molar-refractivity contribution in [3.05, 3.63) is 0 Å². The van der Waals surface area contributed by atoms with Gasteiger partial charge in [-0.25, -0.2) is 0 Å². The van der Waals surface area contributed by atoms with Gasteiger partial charge in [0.2, 0.25) is 0 Å². The minimum Gasteiger partial charge on any atom is -0.469 e. The lowest BCUT2D eigenvalue weighted by Crippen LogP contribution is -2.51. The molecule has 0 bridgehead atoms. The van der Waals surface area contributed by atoms with Crippen molar-refractivity contribution in [2.24, 2.45) is 5.41 Å². The Balaban J connectivity index is 2.95. The van der Waals surface area contributed by atoms with Crippen LogP contribution in [0.5, 0.6) is 0 Å². The minimum atomic E-state index is -4.54. The van der Waals surface area contributed by atoms with Gasteiger partial charge in [0.15, 0.2) is 0 Å². The van der Waals surface area contributed by atoms with Gasteiger partial charge in [-0.3, -0.25) is 4.79 Å². The average Bonchev–Trinajstić information content (AvgIpc) is 2.18. The summed E-state index contributed by atoms with van der Waals surface area (Å²) in [7, 11) is 1.00. The van der Waals surface area contributed by atoms with E-state index in [4.69, 9.17) is 4.74 Å². The second-order valence-electron chi connectivity index (χ2n) is 3.78. The van der Waals surface area contributed by atoms with Gasteiger partial charge >= 0.3 is 12.1 Å². The van der Waals surface area contributed by atoms with Crippen LogP contribution in [0, 0.1) is 5.41 Å². The van der Waals surface area contributed by atoms with Crippen molar-refractivity contribution < 1.29 is 32.5 Å². The molecule has 7 heteroatoms. The molecule has 1 N–H and O–H groups in total. The molecule has 1 aliphatic heterocycles. The van der Waals surface area contributed by atoms with E-state index in [1.165, 1.54) is 0 Å². The summed E-state index contributed by atoms with van der Waals surface area (Å²) in [4.78, 5) is 11.4. The molecule has 0 amide bonds. The van der Waals surface area contributed by atoms with Gasteiger partial charge in [0.05, 0.1) is 26.2 Å². The fraction of sp³-hybridized carbons (Fsp3) is 0.889. The van der Waals surface area contributed by atoms with Gasteiger partial charge in [0, 0.05) is 6.61 Å². The number of hydrogen-bond donors (Lipinski definition) is 1. The first-order valence-electron chi connectivity index (χ1n) is 4.73. The predicted molar refractivity (Wildman–Crippen MR) is 46.6 cm³/mol. The monoisotopic (exact) mass is 242 g/mol. The quantitative estimate of drug-likeness (QED) is 0.730. The SMILES string of the molecule is COC(=O)C1(CC(F)(F)F)CCOCC1O. The van der Waals surface area contributed by atoms with Crippen LogP contribution in [-0.2, 0) is 14.3 Å². The lowest BCUT2D eigenvalue weighted by molar-refractivity contribution is -0.211. The van der Waals surface area contributed by atoms with E-state index in [2.05, 4.69) is 4.74 Å². The molecule has 0 aromatic rings. The molecule has 1 aliphatic rings. The van der Waals surface area contributed by atoms with Crippen molar-refractivity contribution in [3.8, 4) is 0 Å². The van der Waals surface area contributed by atoms with Crippen LogP contribution in [0.1, 0.15) is 12.8 Å². The first kappa shape index (κ1) is 13.2. The van der Waals surface area contributed by atoms with Gasteiger partial charge in [-0.1, -0.05) is 0 Å². The van der Waals surface area contributed by atoms with Gasteiger partial charge in [-0.15, -0.1) is 0 Å². The molecular weight excluding hydrogens is 229 g/mol. The highest BCUT2D eigenvalue weighted by atomic mass is 19.4. The molecule has 4 nitrogen and oxygen atoms in total. The lowest BCUT2D eigenvalue weighted by atomic mass is 9.75. The van der Waals surface area contributed by atoms with E-state index in [1.807, 2.05) is 0 Å². The topological polar surface area (TPSA) is 55.8 Å². The van der Waals surface area contributed by atoms with Crippen LogP contribution in [0.3, 0.4) is 0 Å². The van der Waals surface area contributed by atoms with Gasteiger partial charge < -0.3 is 14.6 Å². The van der Waals surface area contributed by atoms with Crippen molar-refractivity contribution >= 4 is 5.97 Å². The number of aliphatic hydroxyl groups is 1. The van der Waals surface area contributed by atoms with Crippen molar-refractivity contribution in [2.45, 2.75) is 25.1 Å². The van der Waals surface area contributed by atoms with E-state index >= 15 is 0 Å². The molecule has 0 radical (unpaired) electrons. The highest BCUT2D eigenvalue weighted by molar-refractivity contribution is 5.77. The molecule has 1 heterocycles. The number of methoxy groups -OCH3 is 1. The Morgan fingerprint density at radius 3 is 2.69 bits per heavy atom. The molecule has 0 saturated carbocycles. The molecular formula is C9H13F3O4. The van der Waals surface area contributed by atoms with Crippen molar-refractivity contribution in [1.29, 1.82) is 0 Å². The Morgan fingerprint density at radius 2 is 2.25 bits per heavy atom.